The number of hydrogen-bond acceptors (Lipinski definition) is 3. The molecule has 0 saturated carbocycles. The van der Waals surface area contributed by atoms with Crippen LogP contribution in [0.5, 0.6) is 5.75 Å². The Bertz CT molecular complexity index is 315. The van der Waals surface area contributed by atoms with Gasteiger partial charge in [-0.15, -0.1) is 0 Å². The van der Waals surface area contributed by atoms with E-state index in [1.54, 1.807) is 26.2 Å². The maximum Gasteiger partial charge on any atom is 0.165 e. The molecule has 0 spiro atoms. The Kier molecular flexibility index (Phi) is 4.52. The first-order chi connectivity index (χ1) is 7.16. The van der Waals surface area contributed by atoms with Crippen molar-refractivity contribution in [3.63, 3.8) is 0 Å². The second-order valence-corrected chi connectivity index (χ2v) is 3.29. The fraction of sp³-hybridized carbons (Fsp3) is 0.455. The van der Waals surface area contributed by atoms with Crippen molar-refractivity contribution in [1.82, 2.24) is 0 Å². The first kappa shape index (κ1) is 11.9. The molecule has 0 unspecified atom stereocenters. The molecule has 1 aromatic carbocycles. The summed E-state index contributed by atoms with van der Waals surface area (Å²) in [6.45, 7) is 2.53. The lowest BCUT2D eigenvalue weighted by Crippen LogP contribution is -2.11. The van der Waals surface area contributed by atoms with Crippen molar-refractivity contribution < 1.29 is 13.9 Å². The number of para-hydroxylation sites is 1. The van der Waals surface area contributed by atoms with Gasteiger partial charge in [0.2, 0.25) is 0 Å². The molecular formula is C11H16FNO2. The van der Waals surface area contributed by atoms with Gasteiger partial charge in [-0.05, 0) is 13.0 Å². The molecule has 4 heteroatoms. The van der Waals surface area contributed by atoms with Crippen LogP contribution in [0.1, 0.15) is 18.5 Å². The molecule has 1 atom stereocenters. The second kappa shape index (κ2) is 5.68. The van der Waals surface area contributed by atoms with E-state index in [-0.39, 0.29) is 17.6 Å². The molecule has 0 aliphatic carbocycles. The highest BCUT2D eigenvalue weighted by Gasteiger charge is 2.12. The summed E-state index contributed by atoms with van der Waals surface area (Å²) in [5.74, 6) is -0.162. The number of halogens is 1. The first-order valence-electron chi connectivity index (χ1n) is 4.82. The van der Waals surface area contributed by atoms with Crippen LogP contribution >= 0.6 is 0 Å². The van der Waals surface area contributed by atoms with Crippen molar-refractivity contribution in [3.8, 4) is 5.75 Å². The fourth-order valence-corrected chi connectivity index (χ4v) is 1.26. The number of benzene rings is 1. The Hall–Kier alpha value is -1.13. The monoisotopic (exact) mass is 213 g/mol. The Morgan fingerprint density at radius 3 is 2.73 bits per heavy atom. The quantitative estimate of drug-likeness (QED) is 0.759. The Balaban J connectivity index is 2.82. The van der Waals surface area contributed by atoms with E-state index in [2.05, 4.69) is 0 Å². The lowest BCUT2D eigenvalue weighted by atomic mass is 10.1. The SMILES string of the molecule is COCCOc1c(F)cccc1[C@H](C)N. The van der Waals surface area contributed by atoms with Crippen LogP contribution in [0.25, 0.3) is 0 Å². The molecule has 0 saturated heterocycles. The van der Waals surface area contributed by atoms with Crippen molar-refractivity contribution in [2.45, 2.75) is 13.0 Å². The third-order valence-electron chi connectivity index (χ3n) is 2.02. The van der Waals surface area contributed by atoms with Crippen LogP contribution in [0.2, 0.25) is 0 Å². The summed E-state index contributed by atoms with van der Waals surface area (Å²) in [7, 11) is 1.57. The van der Waals surface area contributed by atoms with E-state index in [1.165, 1.54) is 6.07 Å². The molecule has 15 heavy (non-hydrogen) atoms. The number of ether oxygens (including phenoxy) is 2. The molecular weight excluding hydrogens is 197 g/mol. The van der Waals surface area contributed by atoms with E-state index >= 15 is 0 Å². The fourth-order valence-electron chi connectivity index (χ4n) is 1.26. The van der Waals surface area contributed by atoms with Gasteiger partial charge >= 0.3 is 0 Å². The van der Waals surface area contributed by atoms with Crippen molar-refractivity contribution >= 4 is 0 Å². The molecule has 1 aromatic rings. The summed E-state index contributed by atoms with van der Waals surface area (Å²) in [5.41, 5.74) is 6.38. The molecule has 0 bridgehead atoms. The average Bonchev–Trinajstić information content (AvgIpc) is 2.20. The molecule has 1 rings (SSSR count). The second-order valence-electron chi connectivity index (χ2n) is 3.29. The van der Waals surface area contributed by atoms with Gasteiger partial charge in [-0.25, -0.2) is 4.39 Å². The van der Waals surface area contributed by atoms with Crippen molar-refractivity contribution in [3.05, 3.63) is 29.6 Å². The van der Waals surface area contributed by atoms with Gasteiger partial charge in [0.1, 0.15) is 6.61 Å². The first-order valence-corrected chi connectivity index (χ1v) is 4.82. The predicted molar refractivity (Wildman–Crippen MR) is 56.4 cm³/mol. The molecule has 0 fully saturated rings. The summed E-state index contributed by atoms with van der Waals surface area (Å²) in [4.78, 5) is 0. The average molecular weight is 213 g/mol. The van der Waals surface area contributed by atoms with Gasteiger partial charge in [0.05, 0.1) is 6.61 Å². The van der Waals surface area contributed by atoms with Crippen LogP contribution < -0.4 is 10.5 Å². The highest BCUT2D eigenvalue weighted by atomic mass is 19.1. The van der Waals surface area contributed by atoms with Gasteiger partial charge in [0.15, 0.2) is 11.6 Å². The summed E-state index contributed by atoms with van der Waals surface area (Å²) < 4.78 is 23.5. The molecule has 0 heterocycles. The number of methoxy groups -OCH3 is 1. The van der Waals surface area contributed by atoms with Crippen LogP contribution in [0.15, 0.2) is 18.2 Å². The molecule has 2 N–H and O–H groups in total. The summed E-state index contributed by atoms with van der Waals surface area (Å²) in [6.07, 6.45) is 0. The Labute approximate surface area is 89.0 Å². The number of nitrogens with two attached hydrogens (primary N) is 1. The van der Waals surface area contributed by atoms with Gasteiger partial charge in [-0.3, -0.25) is 0 Å². The Morgan fingerprint density at radius 1 is 1.40 bits per heavy atom. The highest BCUT2D eigenvalue weighted by molar-refractivity contribution is 5.36. The lowest BCUT2D eigenvalue weighted by molar-refractivity contribution is 0.143. The minimum atomic E-state index is -0.388. The maximum atomic E-state index is 13.4. The topological polar surface area (TPSA) is 44.5 Å². The van der Waals surface area contributed by atoms with Crippen LogP contribution in [-0.4, -0.2) is 20.3 Å². The zero-order chi connectivity index (χ0) is 11.3. The van der Waals surface area contributed by atoms with Gasteiger partial charge in [0, 0.05) is 18.7 Å². The third kappa shape index (κ3) is 3.18. The third-order valence-corrected chi connectivity index (χ3v) is 2.02. The van der Waals surface area contributed by atoms with Crippen LogP contribution in [-0.2, 0) is 4.74 Å². The van der Waals surface area contributed by atoms with Crippen LogP contribution in [0.3, 0.4) is 0 Å². The zero-order valence-corrected chi connectivity index (χ0v) is 9.00. The smallest absolute Gasteiger partial charge is 0.165 e. The van der Waals surface area contributed by atoms with E-state index in [9.17, 15) is 4.39 Å². The van der Waals surface area contributed by atoms with Gasteiger partial charge in [0.25, 0.3) is 0 Å². The van der Waals surface area contributed by atoms with Crippen LogP contribution in [0, 0.1) is 5.82 Å². The number of rotatable bonds is 5. The van der Waals surface area contributed by atoms with Gasteiger partial charge < -0.3 is 15.2 Å². The normalized spacial score (nSPS) is 12.5. The van der Waals surface area contributed by atoms with Crippen LogP contribution in [0.4, 0.5) is 4.39 Å². The van der Waals surface area contributed by atoms with Gasteiger partial charge in [-0.2, -0.15) is 0 Å². The van der Waals surface area contributed by atoms with E-state index in [0.29, 0.717) is 18.8 Å². The lowest BCUT2D eigenvalue weighted by Gasteiger charge is -2.14. The van der Waals surface area contributed by atoms with Crippen molar-refractivity contribution in [1.29, 1.82) is 0 Å². The van der Waals surface area contributed by atoms with Crippen molar-refractivity contribution in [2.75, 3.05) is 20.3 Å². The summed E-state index contributed by atoms with van der Waals surface area (Å²) >= 11 is 0. The van der Waals surface area contributed by atoms with E-state index in [4.69, 9.17) is 15.2 Å². The van der Waals surface area contributed by atoms with E-state index < -0.39 is 0 Å². The minimum Gasteiger partial charge on any atom is -0.488 e. The molecule has 0 amide bonds. The zero-order valence-electron chi connectivity index (χ0n) is 9.00. The highest BCUT2D eigenvalue weighted by Crippen LogP contribution is 2.26. The van der Waals surface area contributed by atoms with Crippen molar-refractivity contribution in [2.24, 2.45) is 5.73 Å². The summed E-state index contributed by atoms with van der Waals surface area (Å²) in [6, 6.07) is 4.49. The van der Waals surface area contributed by atoms with E-state index in [1.807, 2.05) is 0 Å². The van der Waals surface area contributed by atoms with E-state index in [0.717, 1.165) is 0 Å². The molecule has 0 radical (unpaired) electrons. The maximum absolute atomic E-state index is 13.4. The minimum absolute atomic E-state index is 0.226. The molecule has 0 aliphatic rings. The molecule has 0 aromatic heterocycles. The Morgan fingerprint density at radius 2 is 2.13 bits per heavy atom. The molecule has 3 nitrogen and oxygen atoms in total. The predicted octanol–water partition coefficient (Wildman–Crippen LogP) is 1.87. The standard InChI is InChI=1S/C11H16FNO2/c1-8(13)9-4-3-5-10(12)11(9)15-7-6-14-2/h3-5,8H,6-7,13H2,1-2H3/t8-/m0/s1. The molecule has 84 valence electrons. The van der Waals surface area contributed by atoms with Gasteiger partial charge in [-0.1, -0.05) is 12.1 Å². The summed E-state index contributed by atoms with van der Waals surface area (Å²) in [5, 5.41) is 0. The molecule has 0 aliphatic heterocycles. The largest absolute Gasteiger partial charge is 0.488 e. The number of hydrogen-bond donors (Lipinski definition) is 1.